The lowest BCUT2D eigenvalue weighted by atomic mass is 10.0. The molecule has 2 aromatic heterocycles. The van der Waals surface area contributed by atoms with E-state index in [-0.39, 0.29) is 34.2 Å². The lowest BCUT2D eigenvalue weighted by Crippen LogP contribution is -2.40. The van der Waals surface area contributed by atoms with Crippen molar-refractivity contribution in [2.75, 3.05) is 19.4 Å². The van der Waals surface area contributed by atoms with E-state index in [2.05, 4.69) is 20.3 Å². The van der Waals surface area contributed by atoms with E-state index < -0.39 is 29.5 Å². The molecule has 0 bridgehead atoms. The molecule has 8 nitrogen and oxygen atoms in total. The number of carbonyl (C=O) groups is 3. The highest BCUT2D eigenvalue weighted by Crippen LogP contribution is 2.37. The van der Waals surface area contributed by atoms with E-state index >= 15 is 0 Å². The van der Waals surface area contributed by atoms with Gasteiger partial charge < -0.3 is 20.5 Å². The first-order valence-corrected chi connectivity index (χ1v) is 11.8. The minimum absolute atomic E-state index is 0.0160. The number of nitrogens with zero attached hydrogens (tertiary/aromatic N) is 2. The number of halogens is 3. The average Bonchev–Trinajstić information content (AvgIpc) is 3.41. The summed E-state index contributed by atoms with van der Waals surface area (Å²) >= 11 is 7.32. The van der Waals surface area contributed by atoms with Gasteiger partial charge in [-0.15, -0.1) is 0 Å². The third-order valence-electron chi connectivity index (χ3n) is 5.34. The van der Waals surface area contributed by atoms with E-state index in [1.165, 1.54) is 47.0 Å². The van der Waals surface area contributed by atoms with E-state index in [0.717, 1.165) is 11.5 Å². The summed E-state index contributed by atoms with van der Waals surface area (Å²) in [4.78, 5) is 37.1. The van der Waals surface area contributed by atoms with Crippen molar-refractivity contribution in [3.8, 4) is 0 Å². The number of benzene rings is 2. The zero-order valence-electron chi connectivity index (χ0n) is 19.1. The SMILES string of the molecule is CNC.O=Cc1cc(NC(=O)c2nsc3ccc(F)cc23)c2n1CC(=O)NC2c1cc(F)ccc1Cl. The Morgan fingerprint density at radius 3 is 2.61 bits per heavy atom. The Kier molecular flexibility index (Phi) is 7.43. The summed E-state index contributed by atoms with van der Waals surface area (Å²) < 4.78 is 33.9. The van der Waals surface area contributed by atoms with Crippen LogP contribution in [0.25, 0.3) is 10.1 Å². The molecular weight excluding hydrogens is 512 g/mol. The number of carbonyl (C=O) groups excluding carboxylic acids is 3. The summed E-state index contributed by atoms with van der Waals surface area (Å²) in [6.07, 6.45) is 0.551. The molecule has 2 aromatic carbocycles. The second-order valence-electron chi connectivity index (χ2n) is 7.86. The summed E-state index contributed by atoms with van der Waals surface area (Å²) in [5.74, 6) is -2.11. The highest BCUT2D eigenvalue weighted by Gasteiger charge is 2.33. The summed E-state index contributed by atoms with van der Waals surface area (Å²) in [5, 5.41) is 8.73. The summed E-state index contributed by atoms with van der Waals surface area (Å²) in [6.45, 7) is -0.173. The molecule has 0 aliphatic carbocycles. The molecule has 0 spiro atoms. The molecule has 1 atom stereocenters. The molecule has 0 fully saturated rings. The van der Waals surface area contributed by atoms with Gasteiger partial charge >= 0.3 is 0 Å². The maximum atomic E-state index is 14.0. The van der Waals surface area contributed by atoms with Crippen LogP contribution in [0, 0.1) is 11.6 Å². The third-order valence-corrected chi connectivity index (χ3v) is 6.51. The molecule has 3 N–H and O–H groups in total. The lowest BCUT2D eigenvalue weighted by Gasteiger charge is -2.28. The second kappa shape index (κ2) is 10.5. The number of hydrogen-bond acceptors (Lipinski definition) is 6. The van der Waals surface area contributed by atoms with Crippen molar-refractivity contribution in [3.05, 3.63) is 81.8 Å². The van der Waals surface area contributed by atoms with Crippen LogP contribution in [0.5, 0.6) is 0 Å². The first-order valence-electron chi connectivity index (χ1n) is 10.6. The van der Waals surface area contributed by atoms with Crippen molar-refractivity contribution in [2.24, 2.45) is 0 Å². The minimum atomic E-state index is -0.928. The first-order chi connectivity index (χ1) is 17.3. The zero-order chi connectivity index (χ0) is 26.0. The summed E-state index contributed by atoms with van der Waals surface area (Å²) in [5.41, 5.74) is 0.982. The van der Waals surface area contributed by atoms with Crippen LogP contribution >= 0.6 is 23.1 Å². The van der Waals surface area contributed by atoms with Crippen molar-refractivity contribution in [3.63, 3.8) is 0 Å². The molecule has 186 valence electrons. The number of anilines is 1. The molecule has 12 heteroatoms. The van der Waals surface area contributed by atoms with Crippen molar-refractivity contribution < 1.29 is 23.2 Å². The van der Waals surface area contributed by atoms with Crippen LogP contribution in [-0.2, 0) is 11.3 Å². The quantitative estimate of drug-likeness (QED) is 0.343. The van der Waals surface area contributed by atoms with E-state index in [0.29, 0.717) is 22.1 Å². The molecule has 36 heavy (non-hydrogen) atoms. The Labute approximate surface area is 213 Å². The van der Waals surface area contributed by atoms with Gasteiger partial charge in [-0.05, 0) is 68.1 Å². The molecule has 5 rings (SSSR count). The largest absolute Gasteiger partial charge is 0.342 e. The van der Waals surface area contributed by atoms with Crippen LogP contribution in [0.1, 0.15) is 38.3 Å². The molecule has 0 radical (unpaired) electrons. The van der Waals surface area contributed by atoms with Gasteiger partial charge in [-0.25, -0.2) is 8.78 Å². The topological polar surface area (TPSA) is 105 Å². The number of amides is 2. The number of aromatic nitrogens is 2. The van der Waals surface area contributed by atoms with Crippen LogP contribution < -0.4 is 16.0 Å². The van der Waals surface area contributed by atoms with Crippen LogP contribution in [-0.4, -0.2) is 41.1 Å². The Bertz CT molecular complexity index is 1490. The average molecular weight is 532 g/mol. The normalized spacial score (nSPS) is 14.5. The predicted molar refractivity (Wildman–Crippen MR) is 134 cm³/mol. The first kappa shape index (κ1) is 25.4. The van der Waals surface area contributed by atoms with Crippen LogP contribution in [0.15, 0.2) is 42.5 Å². The molecule has 3 heterocycles. The van der Waals surface area contributed by atoms with Gasteiger partial charge in [0, 0.05) is 16.0 Å². The fraction of sp³-hybridized carbons (Fsp3) is 0.167. The second-order valence-corrected chi connectivity index (χ2v) is 9.08. The lowest BCUT2D eigenvalue weighted by molar-refractivity contribution is -0.123. The highest BCUT2D eigenvalue weighted by atomic mass is 35.5. The molecule has 0 saturated carbocycles. The summed E-state index contributed by atoms with van der Waals surface area (Å²) in [7, 11) is 3.75. The third kappa shape index (κ3) is 4.85. The standard InChI is InChI=1S/C22H13ClF2N4O3S.C2H7N/c23-15-3-1-10(24)5-13(15)19-21-16(7-12(9-30)29(21)8-18(31)27-19)26-22(32)20-14-6-11(25)2-4-17(14)33-28-20;1-3-2/h1-7,9,19H,8H2,(H,26,32)(H,27,31);3H,1-2H3. The van der Waals surface area contributed by atoms with Crippen LogP contribution in [0.2, 0.25) is 5.02 Å². The van der Waals surface area contributed by atoms with Crippen molar-refractivity contribution in [2.45, 2.75) is 12.6 Å². The molecule has 2 amide bonds. The minimum Gasteiger partial charge on any atom is -0.342 e. The Balaban J connectivity index is 0.000000967. The van der Waals surface area contributed by atoms with E-state index in [1.807, 2.05) is 14.1 Å². The Morgan fingerprint density at radius 1 is 1.19 bits per heavy atom. The molecule has 0 saturated heterocycles. The molecular formula is C24H20ClF2N5O3S. The fourth-order valence-electron chi connectivity index (χ4n) is 3.91. The highest BCUT2D eigenvalue weighted by molar-refractivity contribution is 7.13. The maximum Gasteiger partial charge on any atom is 0.276 e. The van der Waals surface area contributed by atoms with E-state index in [9.17, 15) is 23.2 Å². The van der Waals surface area contributed by atoms with Gasteiger partial charge in [-0.2, -0.15) is 4.37 Å². The van der Waals surface area contributed by atoms with Gasteiger partial charge in [0.15, 0.2) is 6.29 Å². The fourth-order valence-corrected chi connectivity index (χ4v) is 4.89. The number of nitrogens with one attached hydrogen (secondary N) is 3. The van der Waals surface area contributed by atoms with Gasteiger partial charge in [0.1, 0.15) is 23.9 Å². The predicted octanol–water partition coefficient (Wildman–Crippen LogP) is 4.15. The van der Waals surface area contributed by atoms with Gasteiger partial charge in [0.2, 0.25) is 5.91 Å². The van der Waals surface area contributed by atoms with Gasteiger partial charge in [-0.3, -0.25) is 14.4 Å². The van der Waals surface area contributed by atoms with E-state index in [1.54, 1.807) is 0 Å². The van der Waals surface area contributed by atoms with Crippen LogP contribution in [0.3, 0.4) is 0 Å². The van der Waals surface area contributed by atoms with Crippen molar-refractivity contribution in [1.29, 1.82) is 0 Å². The zero-order valence-corrected chi connectivity index (χ0v) is 20.6. The molecule has 1 aliphatic rings. The number of aldehydes is 1. The number of hydrogen-bond donors (Lipinski definition) is 3. The van der Waals surface area contributed by atoms with E-state index in [4.69, 9.17) is 11.6 Å². The van der Waals surface area contributed by atoms with Crippen molar-refractivity contribution in [1.82, 2.24) is 19.6 Å². The van der Waals surface area contributed by atoms with Gasteiger partial charge in [0.05, 0.1) is 27.8 Å². The molecule has 1 aliphatic heterocycles. The number of rotatable bonds is 4. The van der Waals surface area contributed by atoms with Gasteiger partial charge in [0.25, 0.3) is 5.91 Å². The van der Waals surface area contributed by atoms with Crippen molar-refractivity contribution >= 4 is 57.0 Å². The summed E-state index contributed by atoms with van der Waals surface area (Å²) in [6, 6.07) is 8.23. The Morgan fingerprint density at radius 2 is 1.89 bits per heavy atom. The van der Waals surface area contributed by atoms with Crippen LogP contribution in [0.4, 0.5) is 14.5 Å². The maximum absolute atomic E-state index is 14.0. The van der Waals surface area contributed by atoms with Gasteiger partial charge in [-0.1, -0.05) is 11.6 Å². The Hall–Kier alpha value is -3.67. The number of fused-ring (bicyclic) bond motifs is 2. The monoisotopic (exact) mass is 531 g/mol. The molecule has 1 unspecified atom stereocenters. The molecule has 4 aromatic rings. The smallest absolute Gasteiger partial charge is 0.276 e.